The smallest absolute Gasteiger partial charge is 0.233 e. The minimum atomic E-state index is -0.0121. The Morgan fingerprint density at radius 3 is 2.95 bits per heavy atom. The van der Waals surface area contributed by atoms with Crippen molar-refractivity contribution in [2.45, 2.75) is 55.8 Å². The van der Waals surface area contributed by atoms with Gasteiger partial charge in [-0.3, -0.25) is 4.79 Å². The minimum Gasteiger partial charge on any atom is -0.394 e. The van der Waals surface area contributed by atoms with Crippen molar-refractivity contribution in [2.75, 3.05) is 18.9 Å². The number of hydrogen-bond donors (Lipinski definition) is 1. The summed E-state index contributed by atoms with van der Waals surface area (Å²) in [7, 11) is 0. The SMILES string of the molecule is O=C(CSc1nncn1C1CC1)N1CCCCCC1CO. The van der Waals surface area contributed by atoms with Gasteiger partial charge in [0.2, 0.25) is 5.91 Å². The lowest BCUT2D eigenvalue weighted by atomic mass is 10.1. The molecule has 2 heterocycles. The molecule has 1 atom stereocenters. The molecule has 1 amide bonds. The average molecular weight is 310 g/mol. The van der Waals surface area contributed by atoms with Crippen LogP contribution >= 0.6 is 11.8 Å². The summed E-state index contributed by atoms with van der Waals surface area (Å²) in [4.78, 5) is 14.3. The van der Waals surface area contributed by atoms with Gasteiger partial charge in [0.05, 0.1) is 18.4 Å². The van der Waals surface area contributed by atoms with Gasteiger partial charge in [0.25, 0.3) is 0 Å². The van der Waals surface area contributed by atoms with Gasteiger partial charge in [0.1, 0.15) is 6.33 Å². The fraction of sp³-hybridized carbons (Fsp3) is 0.786. The summed E-state index contributed by atoms with van der Waals surface area (Å²) >= 11 is 1.46. The second-order valence-electron chi connectivity index (χ2n) is 5.81. The molecular weight excluding hydrogens is 288 g/mol. The van der Waals surface area contributed by atoms with Crippen molar-refractivity contribution < 1.29 is 9.90 Å². The number of aliphatic hydroxyl groups is 1. The number of aromatic nitrogens is 3. The minimum absolute atomic E-state index is 0.0121. The van der Waals surface area contributed by atoms with Gasteiger partial charge in [-0.2, -0.15) is 0 Å². The first-order valence-electron chi connectivity index (χ1n) is 7.72. The number of rotatable bonds is 5. The molecule has 1 N–H and O–H groups in total. The van der Waals surface area contributed by atoms with Crippen molar-refractivity contribution in [3.63, 3.8) is 0 Å². The molecule has 3 rings (SSSR count). The Morgan fingerprint density at radius 1 is 1.33 bits per heavy atom. The number of carbonyl (C=O) groups is 1. The first kappa shape index (κ1) is 14.8. The van der Waals surface area contributed by atoms with Gasteiger partial charge in [-0.05, 0) is 25.7 Å². The third-order valence-electron chi connectivity index (χ3n) is 4.21. The highest BCUT2D eigenvalue weighted by molar-refractivity contribution is 7.99. The maximum absolute atomic E-state index is 12.4. The molecule has 6 nitrogen and oxygen atoms in total. The molecule has 2 fully saturated rings. The van der Waals surface area contributed by atoms with Crippen LogP contribution in [0.15, 0.2) is 11.5 Å². The van der Waals surface area contributed by atoms with Gasteiger partial charge < -0.3 is 14.6 Å². The van der Waals surface area contributed by atoms with Gasteiger partial charge in [0.15, 0.2) is 5.16 Å². The Labute approximate surface area is 128 Å². The summed E-state index contributed by atoms with van der Waals surface area (Å²) in [5, 5.41) is 18.4. The van der Waals surface area contributed by atoms with Gasteiger partial charge in [0, 0.05) is 12.6 Å². The van der Waals surface area contributed by atoms with E-state index < -0.39 is 0 Å². The van der Waals surface area contributed by atoms with Crippen LogP contribution in [0, 0.1) is 0 Å². The van der Waals surface area contributed by atoms with Crippen LogP contribution in [0.2, 0.25) is 0 Å². The van der Waals surface area contributed by atoms with E-state index >= 15 is 0 Å². The Hall–Kier alpha value is -1.08. The fourth-order valence-corrected chi connectivity index (χ4v) is 3.71. The molecule has 0 aromatic carbocycles. The van der Waals surface area contributed by atoms with E-state index in [9.17, 15) is 9.90 Å². The zero-order chi connectivity index (χ0) is 14.7. The summed E-state index contributed by atoms with van der Waals surface area (Å²) < 4.78 is 2.07. The van der Waals surface area contributed by atoms with E-state index in [0.29, 0.717) is 11.8 Å². The zero-order valence-corrected chi connectivity index (χ0v) is 13.0. The Bertz CT molecular complexity index is 489. The normalized spacial score (nSPS) is 23.1. The van der Waals surface area contributed by atoms with E-state index in [4.69, 9.17) is 0 Å². The van der Waals surface area contributed by atoms with Crippen molar-refractivity contribution in [1.29, 1.82) is 0 Å². The highest BCUT2D eigenvalue weighted by Gasteiger charge is 2.28. The van der Waals surface area contributed by atoms with Crippen LogP contribution < -0.4 is 0 Å². The topological polar surface area (TPSA) is 71.2 Å². The predicted molar refractivity (Wildman–Crippen MR) is 80.1 cm³/mol. The Morgan fingerprint density at radius 2 is 2.19 bits per heavy atom. The van der Waals surface area contributed by atoms with Crippen LogP contribution in [0.5, 0.6) is 0 Å². The molecule has 1 aromatic heterocycles. The first-order chi connectivity index (χ1) is 10.3. The molecule has 1 saturated heterocycles. The van der Waals surface area contributed by atoms with Gasteiger partial charge in [-0.1, -0.05) is 24.6 Å². The Kier molecular flexibility index (Phi) is 4.80. The molecule has 7 heteroatoms. The van der Waals surface area contributed by atoms with Crippen LogP contribution in [0.25, 0.3) is 0 Å². The van der Waals surface area contributed by atoms with Crippen LogP contribution in [0.3, 0.4) is 0 Å². The first-order valence-corrected chi connectivity index (χ1v) is 8.71. The largest absolute Gasteiger partial charge is 0.394 e. The number of hydrogen-bond acceptors (Lipinski definition) is 5. The Balaban J connectivity index is 1.58. The van der Waals surface area contributed by atoms with Crippen molar-refractivity contribution in [1.82, 2.24) is 19.7 Å². The van der Waals surface area contributed by atoms with Crippen LogP contribution in [0.4, 0.5) is 0 Å². The summed E-state index contributed by atoms with van der Waals surface area (Å²) in [5.41, 5.74) is 0. The lowest BCUT2D eigenvalue weighted by Gasteiger charge is -2.28. The maximum Gasteiger partial charge on any atom is 0.233 e. The van der Waals surface area contributed by atoms with E-state index in [-0.39, 0.29) is 18.6 Å². The molecule has 0 spiro atoms. The van der Waals surface area contributed by atoms with E-state index in [0.717, 1.165) is 37.4 Å². The summed E-state index contributed by atoms with van der Waals surface area (Å²) in [6, 6.07) is 0.517. The van der Waals surface area contributed by atoms with Crippen LogP contribution in [0.1, 0.15) is 44.6 Å². The highest BCUT2D eigenvalue weighted by Crippen LogP contribution is 2.37. The van der Waals surface area contributed by atoms with Crippen LogP contribution in [-0.2, 0) is 4.79 Å². The zero-order valence-electron chi connectivity index (χ0n) is 12.1. The lowest BCUT2D eigenvalue weighted by molar-refractivity contribution is -0.131. The third kappa shape index (κ3) is 3.58. The van der Waals surface area contributed by atoms with Crippen LogP contribution in [-0.4, -0.2) is 55.6 Å². The van der Waals surface area contributed by atoms with Gasteiger partial charge in [-0.25, -0.2) is 0 Å². The maximum atomic E-state index is 12.4. The quantitative estimate of drug-likeness (QED) is 0.834. The molecule has 21 heavy (non-hydrogen) atoms. The number of likely N-dealkylation sites (tertiary alicyclic amines) is 1. The third-order valence-corrected chi connectivity index (χ3v) is 5.16. The lowest BCUT2D eigenvalue weighted by Crippen LogP contribution is -2.43. The molecule has 1 aliphatic heterocycles. The van der Waals surface area contributed by atoms with Crippen molar-refractivity contribution >= 4 is 17.7 Å². The monoisotopic (exact) mass is 310 g/mol. The molecule has 1 saturated carbocycles. The number of amides is 1. The van der Waals surface area contributed by atoms with E-state index in [1.165, 1.54) is 24.6 Å². The molecular formula is C14H22N4O2S. The van der Waals surface area contributed by atoms with Gasteiger partial charge >= 0.3 is 0 Å². The van der Waals surface area contributed by atoms with E-state index in [1.807, 2.05) is 4.90 Å². The highest BCUT2D eigenvalue weighted by atomic mass is 32.2. The summed E-state index contributed by atoms with van der Waals surface area (Å²) in [6.07, 6.45) is 8.29. The number of nitrogens with zero attached hydrogens (tertiary/aromatic N) is 4. The van der Waals surface area contributed by atoms with E-state index in [1.54, 1.807) is 6.33 Å². The molecule has 1 aromatic rings. The summed E-state index contributed by atoms with van der Waals surface area (Å²) in [5.74, 6) is 0.480. The number of thioether (sulfide) groups is 1. The molecule has 1 aliphatic carbocycles. The standard InChI is InChI=1S/C14H22N4O2S/c19-8-12-4-2-1-3-7-17(12)13(20)9-21-14-16-15-10-18(14)11-5-6-11/h10-12,19H,1-9H2. The fourth-order valence-electron chi connectivity index (χ4n) is 2.84. The van der Waals surface area contributed by atoms with Crippen molar-refractivity contribution in [3.05, 3.63) is 6.33 Å². The van der Waals surface area contributed by atoms with E-state index in [2.05, 4.69) is 14.8 Å². The molecule has 2 aliphatic rings. The molecule has 0 bridgehead atoms. The second-order valence-corrected chi connectivity index (χ2v) is 6.76. The average Bonchev–Trinajstić information content (AvgIpc) is 3.28. The summed E-state index contributed by atoms with van der Waals surface area (Å²) in [6.45, 7) is 0.828. The second kappa shape index (κ2) is 6.79. The molecule has 116 valence electrons. The van der Waals surface area contributed by atoms with Gasteiger partial charge in [-0.15, -0.1) is 10.2 Å². The number of aliphatic hydroxyl groups excluding tert-OH is 1. The van der Waals surface area contributed by atoms with Crippen molar-refractivity contribution in [3.8, 4) is 0 Å². The van der Waals surface area contributed by atoms with Crippen molar-refractivity contribution in [2.24, 2.45) is 0 Å². The molecule has 0 radical (unpaired) electrons. The predicted octanol–water partition coefficient (Wildman–Crippen LogP) is 1.47. The molecule has 1 unspecified atom stereocenters. The number of carbonyl (C=O) groups excluding carboxylic acids is 1.